The number of rotatable bonds is 8. The average molecular weight is 464 g/mol. The van der Waals surface area contributed by atoms with Crippen molar-refractivity contribution in [2.45, 2.75) is 38.9 Å². The summed E-state index contributed by atoms with van der Waals surface area (Å²) in [5.41, 5.74) is 0.970. The van der Waals surface area contributed by atoms with Crippen molar-refractivity contribution >= 4 is 27.9 Å². The number of carbonyl (C=O) groups excluding carboxylic acids is 2. The first-order chi connectivity index (χ1) is 13.6. The highest BCUT2D eigenvalue weighted by Gasteiger charge is 2.16. The molecule has 0 fully saturated rings. The number of carbonyl (C=O) groups is 2. The van der Waals surface area contributed by atoms with Crippen LogP contribution in [0.4, 0.5) is 0 Å². The molecule has 2 rings (SSSR count). The van der Waals surface area contributed by atoms with Crippen LogP contribution in [0.3, 0.4) is 0 Å². The number of aliphatic hydroxyl groups excluding tert-OH is 1. The van der Waals surface area contributed by atoms with Crippen LogP contribution in [0.1, 0.15) is 38.0 Å². The lowest BCUT2D eigenvalue weighted by Gasteiger charge is -2.20. The van der Waals surface area contributed by atoms with Gasteiger partial charge in [-0.2, -0.15) is 0 Å². The zero-order valence-electron chi connectivity index (χ0n) is 16.8. The number of nitrogens with one attached hydrogen (secondary N) is 1. The van der Waals surface area contributed by atoms with Crippen LogP contribution in [0, 0.1) is 0 Å². The van der Waals surface area contributed by atoms with Crippen molar-refractivity contribution in [2.75, 3.05) is 13.1 Å². The van der Waals surface area contributed by atoms with Crippen molar-refractivity contribution in [3.05, 3.63) is 64.1 Å². The molecule has 0 heterocycles. The summed E-state index contributed by atoms with van der Waals surface area (Å²) in [5, 5.41) is 13.1. The normalized spacial score (nSPS) is 12.3. The fourth-order valence-electron chi connectivity index (χ4n) is 2.50. The number of benzene rings is 2. The topological polar surface area (TPSA) is 84.9 Å². The fourth-order valence-corrected chi connectivity index (χ4v) is 2.77. The van der Waals surface area contributed by atoms with E-state index in [1.165, 1.54) is 0 Å². The van der Waals surface area contributed by atoms with Crippen LogP contribution in [-0.4, -0.2) is 35.7 Å². The zero-order chi connectivity index (χ0) is 21.4. The number of hydrogen-bond acceptors (Lipinski definition) is 6. The third-order valence-corrected chi connectivity index (χ3v) is 4.31. The SMILES string of the molecule is CC(C)(C)OC(=O)CNCC(O)c1ccc(OC(=O)Cc2ccc(Br)cc2)cc1. The molecule has 0 aliphatic heterocycles. The molecule has 2 aromatic rings. The van der Waals surface area contributed by atoms with Gasteiger partial charge >= 0.3 is 11.9 Å². The van der Waals surface area contributed by atoms with E-state index in [1.807, 2.05) is 24.3 Å². The highest BCUT2D eigenvalue weighted by atomic mass is 79.9. The maximum atomic E-state index is 12.1. The Morgan fingerprint density at radius 2 is 1.66 bits per heavy atom. The Labute approximate surface area is 179 Å². The van der Waals surface area contributed by atoms with Crippen LogP contribution < -0.4 is 10.1 Å². The monoisotopic (exact) mass is 463 g/mol. The quantitative estimate of drug-likeness (QED) is 0.459. The molecule has 1 unspecified atom stereocenters. The molecule has 2 aromatic carbocycles. The number of aliphatic hydroxyl groups is 1. The lowest BCUT2D eigenvalue weighted by atomic mass is 10.1. The number of esters is 2. The Kier molecular flexibility index (Phi) is 8.37. The third-order valence-electron chi connectivity index (χ3n) is 3.79. The maximum absolute atomic E-state index is 12.1. The summed E-state index contributed by atoms with van der Waals surface area (Å²) in [5.74, 6) is -0.331. The molecule has 29 heavy (non-hydrogen) atoms. The molecular weight excluding hydrogens is 438 g/mol. The Balaban J connectivity index is 1.79. The van der Waals surface area contributed by atoms with Crippen LogP contribution in [0.2, 0.25) is 0 Å². The molecule has 0 radical (unpaired) electrons. The third kappa shape index (κ3) is 8.77. The van der Waals surface area contributed by atoms with E-state index in [1.54, 1.807) is 45.0 Å². The van der Waals surface area contributed by atoms with Crippen LogP contribution in [0.25, 0.3) is 0 Å². The highest BCUT2D eigenvalue weighted by Crippen LogP contribution is 2.18. The molecule has 156 valence electrons. The lowest BCUT2D eigenvalue weighted by molar-refractivity contribution is -0.153. The van der Waals surface area contributed by atoms with Crippen molar-refractivity contribution in [2.24, 2.45) is 0 Å². The maximum Gasteiger partial charge on any atom is 0.320 e. The Morgan fingerprint density at radius 1 is 1.03 bits per heavy atom. The second kappa shape index (κ2) is 10.5. The van der Waals surface area contributed by atoms with Crippen molar-refractivity contribution in [3.63, 3.8) is 0 Å². The van der Waals surface area contributed by atoms with Gasteiger partial charge < -0.3 is 19.9 Å². The Bertz CT molecular complexity index is 813. The van der Waals surface area contributed by atoms with Crippen LogP contribution in [0.15, 0.2) is 53.0 Å². The van der Waals surface area contributed by atoms with Crippen molar-refractivity contribution in [3.8, 4) is 5.75 Å². The highest BCUT2D eigenvalue weighted by molar-refractivity contribution is 9.10. The summed E-state index contributed by atoms with van der Waals surface area (Å²) in [7, 11) is 0. The minimum absolute atomic E-state index is 0.0140. The van der Waals surface area contributed by atoms with E-state index in [0.29, 0.717) is 11.3 Å². The zero-order valence-corrected chi connectivity index (χ0v) is 18.4. The molecule has 0 saturated carbocycles. The number of ether oxygens (including phenoxy) is 2. The van der Waals surface area contributed by atoms with E-state index in [4.69, 9.17) is 9.47 Å². The van der Waals surface area contributed by atoms with E-state index in [-0.39, 0.29) is 31.4 Å². The molecule has 0 saturated heterocycles. The van der Waals surface area contributed by atoms with Crippen molar-refractivity contribution in [1.82, 2.24) is 5.32 Å². The van der Waals surface area contributed by atoms with Gasteiger partial charge in [0.2, 0.25) is 0 Å². The predicted molar refractivity (Wildman–Crippen MR) is 114 cm³/mol. The van der Waals surface area contributed by atoms with Gasteiger partial charge in [0, 0.05) is 11.0 Å². The van der Waals surface area contributed by atoms with Gasteiger partial charge in [-0.25, -0.2) is 0 Å². The second-order valence-electron chi connectivity index (χ2n) is 7.58. The van der Waals surface area contributed by atoms with Crippen LogP contribution >= 0.6 is 15.9 Å². The lowest BCUT2D eigenvalue weighted by Crippen LogP contribution is -2.33. The Hall–Kier alpha value is -2.22. The van der Waals surface area contributed by atoms with Gasteiger partial charge in [0.05, 0.1) is 19.1 Å². The largest absolute Gasteiger partial charge is 0.459 e. The first-order valence-electron chi connectivity index (χ1n) is 9.28. The van der Waals surface area contributed by atoms with Crippen molar-refractivity contribution in [1.29, 1.82) is 0 Å². The summed E-state index contributed by atoms with van der Waals surface area (Å²) in [6, 6.07) is 14.1. The van der Waals surface area contributed by atoms with E-state index in [2.05, 4.69) is 21.2 Å². The predicted octanol–water partition coefficient (Wildman–Crippen LogP) is 3.56. The molecule has 0 amide bonds. The molecule has 0 bridgehead atoms. The molecule has 0 spiro atoms. The van der Waals surface area contributed by atoms with Crippen molar-refractivity contribution < 1.29 is 24.2 Å². The first-order valence-corrected chi connectivity index (χ1v) is 10.1. The molecule has 0 aliphatic rings. The van der Waals surface area contributed by atoms with Gasteiger partial charge in [0.15, 0.2) is 0 Å². The van der Waals surface area contributed by atoms with E-state index >= 15 is 0 Å². The smallest absolute Gasteiger partial charge is 0.320 e. The molecular formula is C22H26BrNO5. The minimum Gasteiger partial charge on any atom is -0.459 e. The van der Waals surface area contributed by atoms with Gasteiger partial charge in [-0.3, -0.25) is 9.59 Å². The van der Waals surface area contributed by atoms with Gasteiger partial charge in [-0.05, 0) is 56.2 Å². The Morgan fingerprint density at radius 3 is 2.24 bits per heavy atom. The van der Waals surface area contributed by atoms with E-state index in [0.717, 1.165) is 10.0 Å². The number of hydrogen-bond donors (Lipinski definition) is 2. The minimum atomic E-state index is -0.801. The average Bonchev–Trinajstić information content (AvgIpc) is 2.62. The summed E-state index contributed by atoms with van der Waals surface area (Å²) < 4.78 is 11.5. The summed E-state index contributed by atoms with van der Waals surface area (Å²) in [4.78, 5) is 23.7. The summed E-state index contributed by atoms with van der Waals surface area (Å²) >= 11 is 3.35. The summed E-state index contributed by atoms with van der Waals surface area (Å²) in [6.45, 7) is 5.61. The molecule has 2 N–H and O–H groups in total. The van der Waals surface area contributed by atoms with E-state index in [9.17, 15) is 14.7 Å². The van der Waals surface area contributed by atoms with Crippen LogP contribution in [0.5, 0.6) is 5.75 Å². The van der Waals surface area contributed by atoms with Crippen LogP contribution in [-0.2, 0) is 20.7 Å². The first kappa shape index (κ1) is 23.1. The molecule has 7 heteroatoms. The fraction of sp³-hybridized carbons (Fsp3) is 0.364. The molecule has 1 atom stereocenters. The molecule has 6 nitrogen and oxygen atoms in total. The van der Waals surface area contributed by atoms with Gasteiger partial charge in [-0.15, -0.1) is 0 Å². The van der Waals surface area contributed by atoms with Gasteiger partial charge in [-0.1, -0.05) is 40.2 Å². The van der Waals surface area contributed by atoms with E-state index < -0.39 is 11.7 Å². The standard InChI is InChI=1S/C22H26BrNO5/c1-22(2,3)29-21(27)14-24-13-19(25)16-6-10-18(11-7-16)28-20(26)12-15-4-8-17(23)9-5-15/h4-11,19,24-25H,12-14H2,1-3H3. The molecule has 0 aromatic heterocycles. The van der Waals surface area contributed by atoms with Gasteiger partial charge in [0.25, 0.3) is 0 Å². The molecule has 0 aliphatic carbocycles. The van der Waals surface area contributed by atoms with Gasteiger partial charge in [0.1, 0.15) is 11.4 Å². The summed E-state index contributed by atoms with van der Waals surface area (Å²) in [6.07, 6.45) is -0.628. The second-order valence-corrected chi connectivity index (χ2v) is 8.50. The number of halogens is 1.